The maximum absolute atomic E-state index is 12.8. The van der Waals surface area contributed by atoms with Crippen molar-refractivity contribution in [1.29, 1.82) is 0 Å². The minimum absolute atomic E-state index is 0.184. The van der Waals surface area contributed by atoms with Gasteiger partial charge in [-0.2, -0.15) is 0 Å². The molecule has 1 atom stereocenters. The fourth-order valence-corrected chi connectivity index (χ4v) is 3.53. The van der Waals surface area contributed by atoms with Crippen LogP contribution in [0.4, 0.5) is 17.3 Å². The van der Waals surface area contributed by atoms with Crippen molar-refractivity contribution in [2.24, 2.45) is 0 Å². The number of aromatic nitrogens is 2. The van der Waals surface area contributed by atoms with Gasteiger partial charge in [0, 0.05) is 43.3 Å². The summed E-state index contributed by atoms with van der Waals surface area (Å²) in [4.78, 5) is 23.9. The molecule has 1 unspecified atom stereocenters. The molecule has 1 saturated heterocycles. The normalized spacial score (nSPS) is 15.9. The van der Waals surface area contributed by atoms with Gasteiger partial charge in [0.05, 0.1) is 6.10 Å². The molecule has 0 saturated carbocycles. The van der Waals surface area contributed by atoms with E-state index in [4.69, 9.17) is 4.74 Å². The SMILES string of the molecule is CCN(CC)c1ccc(NC(=O)c2cc(C)nc(NCC3CCCO3)n2)c(C)c1. The van der Waals surface area contributed by atoms with Crippen LogP contribution in [0.15, 0.2) is 24.3 Å². The van der Waals surface area contributed by atoms with E-state index in [0.717, 1.165) is 55.2 Å². The van der Waals surface area contributed by atoms with E-state index < -0.39 is 0 Å². The van der Waals surface area contributed by atoms with Gasteiger partial charge in [-0.3, -0.25) is 4.79 Å². The molecule has 1 aromatic heterocycles. The zero-order valence-electron chi connectivity index (χ0n) is 17.8. The Kier molecular flexibility index (Phi) is 7.04. The molecule has 1 fully saturated rings. The van der Waals surface area contributed by atoms with Gasteiger partial charge < -0.3 is 20.3 Å². The minimum atomic E-state index is -0.241. The molecule has 0 bridgehead atoms. The van der Waals surface area contributed by atoms with Gasteiger partial charge in [-0.1, -0.05) is 0 Å². The molecule has 1 aliphatic heterocycles. The lowest BCUT2D eigenvalue weighted by Gasteiger charge is -2.22. The van der Waals surface area contributed by atoms with Crippen molar-refractivity contribution >= 4 is 23.2 Å². The van der Waals surface area contributed by atoms with E-state index in [-0.39, 0.29) is 12.0 Å². The van der Waals surface area contributed by atoms with Gasteiger partial charge >= 0.3 is 0 Å². The van der Waals surface area contributed by atoms with E-state index in [1.807, 2.05) is 26.0 Å². The second-order valence-electron chi connectivity index (χ2n) is 7.36. The van der Waals surface area contributed by atoms with E-state index in [0.29, 0.717) is 18.2 Å². The fourth-order valence-electron chi connectivity index (χ4n) is 3.53. The molecule has 2 aromatic rings. The van der Waals surface area contributed by atoms with Crippen LogP contribution < -0.4 is 15.5 Å². The maximum atomic E-state index is 12.8. The topological polar surface area (TPSA) is 79.4 Å². The van der Waals surface area contributed by atoms with E-state index in [1.165, 1.54) is 0 Å². The summed E-state index contributed by atoms with van der Waals surface area (Å²) in [5.74, 6) is 0.216. The number of rotatable bonds is 8. The molecule has 0 spiro atoms. The predicted molar refractivity (Wildman–Crippen MR) is 117 cm³/mol. The third-order valence-corrected chi connectivity index (χ3v) is 5.19. The summed E-state index contributed by atoms with van der Waals surface area (Å²) in [5.41, 5.74) is 4.05. The van der Waals surface area contributed by atoms with Gasteiger partial charge in [0.25, 0.3) is 5.91 Å². The van der Waals surface area contributed by atoms with Crippen LogP contribution in [0.2, 0.25) is 0 Å². The first-order chi connectivity index (χ1) is 14.0. The van der Waals surface area contributed by atoms with Crippen molar-refractivity contribution in [3.63, 3.8) is 0 Å². The van der Waals surface area contributed by atoms with Gasteiger partial charge in [0.2, 0.25) is 5.95 Å². The van der Waals surface area contributed by atoms with Crippen molar-refractivity contribution in [1.82, 2.24) is 9.97 Å². The summed E-state index contributed by atoms with van der Waals surface area (Å²) >= 11 is 0. The molecule has 1 aliphatic rings. The van der Waals surface area contributed by atoms with E-state index in [1.54, 1.807) is 6.07 Å². The lowest BCUT2D eigenvalue weighted by atomic mass is 10.1. The van der Waals surface area contributed by atoms with Crippen molar-refractivity contribution in [2.75, 3.05) is 41.8 Å². The van der Waals surface area contributed by atoms with Crippen LogP contribution in [0.1, 0.15) is 48.4 Å². The lowest BCUT2D eigenvalue weighted by molar-refractivity contribution is 0.102. The third kappa shape index (κ3) is 5.44. The highest BCUT2D eigenvalue weighted by molar-refractivity contribution is 6.03. The Bertz CT molecular complexity index is 845. The molecule has 7 nitrogen and oxygen atoms in total. The molecule has 0 radical (unpaired) electrons. The Morgan fingerprint density at radius 1 is 1.21 bits per heavy atom. The summed E-state index contributed by atoms with van der Waals surface area (Å²) in [6.45, 7) is 11.5. The van der Waals surface area contributed by atoms with Crippen LogP contribution in [0.3, 0.4) is 0 Å². The Morgan fingerprint density at radius 2 is 2.00 bits per heavy atom. The lowest BCUT2D eigenvalue weighted by Crippen LogP contribution is -2.22. The molecular weight excluding hydrogens is 366 g/mol. The van der Waals surface area contributed by atoms with Crippen LogP contribution in [0, 0.1) is 13.8 Å². The van der Waals surface area contributed by atoms with Crippen molar-refractivity contribution in [3.05, 3.63) is 41.2 Å². The van der Waals surface area contributed by atoms with Crippen molar-refractivity contribution in [3.8, 4) is 0 Å². The number of carbonyl (C=O) groups is 1. The highest BCUT2D eigenvalue weighted by Crippen LogP contribution is 2.23. The number of nitrogens with one attached hydrogen (secondary N) is 2. The summed E-state index contributed by atoms with van der Waals surface area (Å²) in [6, 6.07) is 7.79. The first kappa shape index (κ1) is 21.0. The van der Waals surface area contributed by atoms with Gasteiger partial charge in [0.15, 0.2) is 0 Å². The standard InChI is InChI=1S/C22H31N5O2/c1-5-27(6-2)17-9-10-19(15(3)12-17)25-21(28)20-13-16(4)24-22(26-20)23-14-18-8-7-11-29-18/h9-10,12-13,18H,5-8,11,14H2,1-4H3,(H,25,28)(H,23,24,26). The molecule has 2 heterocycles. The smallest absolute Gasteiger partial charge is 0.274 e. The largest absolute Gasteiger partial charge is 0.376 e. The Labute approximate surface area is 172 Å². The number of benzene rings is 1. The number of aryl methyl sites for hydroxylation is 2. The quantitative estimate of drug-likeness (QED) is 0.706. The molecule has 0 aliphatic carbocycles. The van der Waals surface area contributed by atoms with E-state index in [2.05, 4.69) is 45.4 Å². The predicted octanol–water partition coefficient (Wildman–Crippen LogP) is 3.78. The van der Waals surface area contributed by atoms with Gasteiger partial charge in [-0.15, -0.1) is 0 Å². The fraction of sp³-hybridized carbons (Fsp3) is 0.500. The van der Waals surface area contributed by atoms with Crippen molar-refractivity contribution in [2.45, 2.75) is 46.6 Å². The molecule has 156 valence electrons. The molecule has 1 amide bonds. The van der Waals surface area contributed by atoms with Crippen molar-refractivity contribution < 1.29 is 9.53 Å². The molecule has 29 heavy (non-hydrogen) atoms. The van der Waals surface area contributed by atoms with Crippen LogP contribution in [0.25, 0.3) is 0 Å². The second-order valence-corrected chi connectivity index (χ2v) is 7.36. The first-order valence-electron chi connectivity index (χ1n) is 10.4. The number of hydrogen-bond donors (Lipinski definition) is 2. The van der Waals surface area contributed by atoms with E-state index >= 15 is 0 Å². The third-order valence-electron chi connectivity index (χ3n) is 5.19. The van der Waals surface area contributed by atoms with Gasteiger partial charge in [0.1, 0.15) is 5.69 Å². The van der Waals surface area contributed by atoms with Crippen LogP contribution in [0.5, 0.6) is 0 Å². The Balaban J connectivity index is 1.69. The minimum Gasteiger partial charge on any atom is -0.376 e. The number of hydrogen-bond acceptors (Lipinski definition) is 6. The highest BCUT2D eigenvalue weighted by atomic mass is 16.5. The Morgan fingerprint density at radius 3 is 2.66 bits per heavy atom. The zero-order valence-corrected chi connectivity index (χ0v) is 17.8. The number of carbonyl (C=O) groups excluding carboxylic acids is 1. The Hall–Kier alpha value is -2.67. The van der Waals surface area contributed by atoms with Crippen LogP contribution in [-0.4, -0.2) is 48.2 Å². The summed E-state index contributed by atoms with van der Waals surface area (Å²) < 4.78 is 5.62. The number of anilines is 3. The average molecular weight is 398 g/mol. The highest BCUT2D eigenvalue weighted by Gasteiger charge is 2.17. The monoisotopic (exact) mass is 397 g/mol. The number of amides is 1. The molecule has 7 heteroatoms. The molecule has 3 rings (SSSR count). The summed E-state index contributed by atoms with van der Waals surface area (Å²) in [6.07, 6.45) is 2.30. The second kappa shape index (κ2) is 9.69. The molecule has 1 aromatic carbocycles. The summed E-state index contributed by atoms with van der Waals surface area (Å²) in [5, 5.41) is 6.18. The summed E-state index contributed by atoms with van der Waals surface area (Å²) in [7, 11) is 0. The van der Waals surface area contributed by atoms with Crippen LogP contribution >= 0.6 is 0 Å². The number of ether oxygens (including phenoxy) is 1. The average Bonchev–Trinajstić information content (AvgIpc) is 3.22. The van der Waals surface area contributed by atoms with Gasteiger partial charge in [-0.25, -0.2) is 9.97 Å². The van der Waals surface area contributed by atoms with Crippen LogP contribution in [-0.2, 0) is 4.74 Å². The van der Waals surface area contributed by atoms with E-state index in [9.17, 15) is 4.79 Å². The number of nitrogens with zero attached hydrogens (tertiary/aromatic N) is 3. The molecular formula is C22H31N5O2. The zero-order chi connectivity index (χ0) is 20.8. The van der Waals surface area contributed by atoms with Gasteiger partial charge in [-0.05, 0) is 70.4 Å². The molecule has 2 N–H and O–H groups in total. The maximum Gasteiger partial charge on any atom is 0.274 e. The first-order valence-corrected chi connectivity index (χ1v) is 10.4.